The van der Waals surface area contributed by atoms with Gasteiger partial charge in [0.25, 0.3) is 0 Å². The lowest BCUT2D eigenvalue weighted by Gasteiger charge is -2.36. The molecule has 0 saturated carbocycles. The van der Waals surface area contributed by atoms with Crippen LogP contribution in [-0.2, 0) is 0 Å². The molecular weight excluding hydrogens is 205 g/mol. The third-order valence-electron chi connectivity index (χ3n) is 3.59. The van der Waals surface area contributed by atoms with Gasteiger partial charge in [-0.3, -0.25) is 0 Å². The molecule has 0 aromatic rings. The van der Waals surface area contributed by atoms with Crippen LogP contribution in [-0.4, -0.2) is 14.3 Å². The monoisotopic (exact) mass is 226 g/mol. The van der Waals surface area contributed by atoms with Crippen LogP contribution in [0.1, 0.15) is 34.1 Å². The lowest BCUT2D eigenvalue weighted by Crippen LogP contribution is -2.38. The van der Waals surface area contributed by atoms with Crippen molar-refractivity contribution in [1.82, 2.24) is 0 Å². The first-order valence-corrected chi connectivity index (χ1v) is 8.02. The normalized spacial score (nSPS) is 14.1. The first kappa shape index (κ1) is 14.0. The van der Waals surface area contributed by atoms with Crippen LogP contribution in [0, 0.1) is 0 Å². The molecule has 0 aliphatic heterocycles. The van der Waals surface area contributed by atoms with Gasteiger partial charge in [0.15, 0.2) is 0 Å². The predicted octanol–water partition coefficient (Wildman–Crippen LogP) is 4.84. The summed E-state index contributed by atoms with van der Waals surface area (Å²) in [6.45, 7) is 10.3. The molecule has 0 amide bonds. The van der Waals surface area contributed by atoms with Gasteiger partial charge in [0.2, 0.25) is 0 Å². The quantitative estimate of drug-likeness (QED) is 0.602. The molecule has 4 heteroatoms. The van der Waals surface area contributed by atoms with Gasteiger partial charge in [-0.15, -0.1) is 0 Å². The van der Waals surface area contributed by atoms with Crippen molar-refractivity contribution >= 4 is 8.07 Å². The van der Waals surface area contributed by atoms with E-state index in [0.29, 0.717) is 17.1 Å². The van der Waals surface area contributed by atoms with Gasteiger partial charge in [-0.1, -0.05) is 45.3 Å². The Morgan fingerprint density at radius 2 is 1.36 bits per heavy atom. The third-order valence-corrected chi connectivity index (χ3v) is 10.2. The second-order valence-electron chi connectivity index (χ2n) is 4.93. The Morgan fingerprint density at radius 3 is 1.57 bits per heavy atom. The SMILES string of the molecule is CC(C)[Si](C)(CCC(F)(F)F)C(C)C. The van der Waals surface area contributed by atoms with Crippen molar-refractivity contribution < 1.29 is 13.2 Å². The van der Waals surface area contributed by atoms with Crippen LogP contribution in [0.3, 0.4) is 0 Å². The zero-order valence-electron chi connectivity index (χ0n) is 9.70. The molecule has 0 aliphatic carbocycles. The molecule has 0 rings (SSSR count). The van der Waals surface area contributed by atoms with Gasteiger partial charge in [-0.25, -0.2) is 0 Å². The van der Waals surface area contributed by atoms with Crippen LogP contribution in [0.25, 0.3) is 0 Å². The minimum absolute atomic E-state index is 0.367. The smallest absolute Gasteiger partial charge is 0.171 e. The average Bonchev–Trinajstić information content (AvgIpc) is 1.97. The Balaban J connectivity index is 4.40. The van der Waals surface area contributed by atoms with E-state index in [-0.39, 0.29) is 0 Å². The fraction of sp³-hybridized carbons (Fsp3) is 1.00. The molecular formula is C10H21F3Si. The fourth-order valence-corrected chi connectivity index (χ4v) is 4.97. The van der Waals surface area contributed by atoms with Crippen molar-refractivity contribution in [2.24, 2.45) is 0 Å². The summed E-state index contributed by atoms with van der Waals surface area (Å²) in [4.78, 5) is 0. The van der Waals surface area contributed by atoms with Crippen LogP contribution in [0.5, 0.6) is 0 Å². The summed E-state index contributed by atoms with van der Waals surface area (Å²) < 4.78 is 36.4. The highest BCUT2D eigenvalue weighted by atomic mass is 28.3. The van der Waals surface area contributed by atoms with E-state index in [1.165, 1.54) is 0 Å². The molecule has 0 bridgehead atoms. The first-order valence-electron chi connectivity index (χ1n) is 5.16. The number of alkyl halides is 3. The topological polar surface area (TPSA) is 0 Å². The molecule has 0 aliphatic rings. The molecule has 0 saturated heterocycles. The minimum Gasteiger partial charge on any atom is -0.171 e. The molecule has 0 spiro atoms. The second kappa shape index (κ2) is 4.68. The largest absolute Gasteiger partial charge is 0.388 e. The average molecular weight is 226 g/mol. The van der Waals surface area contributed by atoms with Gasteiger partial charge < -0.3 is 0 Å². The maximum atomic E-state index is 12.1. The second-order valence-corrected chi connectivity index (χ2v) is 10.8. The summed E-state index contributed by atoms with van der Waals surface area (Å²) in [6, 6.07) is 0.367. The summed E-state index contributed by atoms with van der Waals surface area (Å²) >= 11 is 0. The van der Waals surface area contributed by atoms with Gasteiger partial charge in [0.05, 0.1) is 8.07 Å². The highest BCUT2D eigenvalue weighted by Crippen LogP contribution is 2.39. The maximum absolute atomic E-state index is 12.1. The van der Waals surface area contributed by atoms with E-state index in [0.717, 1.165) is 0 Å². The Bertz CT molecular complexity index is 165. The Kier molecular flexibility index (Phi) is 4.69. The molecule has 0 aromatic heterocycles. The molecule has 0 N–H and O–H groups in total. The van der Waals surface area contributed by atoms with Crippen LogP contribution in [0.15, 0.2) is 0 Å². The summed E-state index contributed by atoms with van der Waals surface area (Å²) in [5, 5.41) is 0. The molecule has 0 fully saturated rings. The number of rotatable bonds is 4. The summed E-state index contributed by atoms with van der Waals surface area (Å²) in [7, 11) is -1.73. The number of hydrogen-bond acceptors (Lipinski definition) is 0. The van der Waals surface area contributed by atoms with E-state index < -0.39 is 20.7 Å². The van der Waals surface area contributed by atoms with Crippen LogP contribution < -0.4 is 0 Å². The summed E-state index contributed by atoms with van der Waals surface area (Å²) in [5.74, 6) is 0. The molecule has 14 heavy (non-hydrogen) atoms. The molecule has 0 heterocycles. The first-order chi connectivity index (χ1) is 6.09. The molecule has 0 nitrogen and oxygen atoms in total. The van der Waals surface area contributed by atoms with Gasteiger partial charge in [-0.05, 0) is 6.04 Å². The van der Waals surface area contributed by atoms with E-state index in [4.69, 9.17) is 0 Å². The van der Waals surface area contributed by atoms with Crippen molar-refractivity contribution in [1.29, 1.82) is 0 Å². The molecule has 0 radical (unpaired) electrons. The summed E-state index contributed by atoms with van der Waals surface area (Å²) in [6.07, 6.45) is -4.59. The fourth-order valence-electron chi connectivity index (χ4n) is 1.66. The van der Waals surface area contributed by atoms with E-state index in [9.17, 15) is 13.2 Å². The van der Waals surface area contributed by atoms with E-state index >= 15 is 0 Å². The molecule has 0 unspecified atom stereocenters. The van der Waals surface area contributed by atoms with E-state index in [2.05, 4.69) is 34.2 Å². The number of halogens is 3. The molecule has 0 aromatic carbocycles. The van der Waals surface area contributed by atoms with Crippen LogP contribution >= 0.6 is 0 Å². The lowest BCUT2D eigenvalue weighted by molar-refractivity contribution is -0.130. The minimum atomic E-state index is -3.99. The van der Waals surface area contributed by atoms with Crippen LogP contribution in [0.4, 0.5) is 13.2 Å². The van der Waals surface area contributed by atoms with Crippen molar-refractivity contribution in [3.63, 3.8) is 0 Å². The summed E-state index contributed by atoms with van der Waals surface area (Å²) in [5.41, 5.74) is 0.842. The highest BCUT2D eigenvalue weighted by Gasteiger charge is 2.38. The molecule has 86 valence electrons. The van der Waals surface area contributed by atoms with Crippen molar-refractivity contribution in [2.75, 3.05) is 0 Å². The molecule has 0 atom stereocenters. The standard InChI is InChI=1S/C10H21F3Si/c1-8(2)14(5,9(3)4)7-6-10(11,12)13/h8-9H,6-7H2,1-5H3. The zero-order chi connectivity index (χ0) is 11.6. The predicted molar refractivity (Wildman–Crippen MR) is 57.3 cm³/mol. The van der Waals surface area contributed by atoms with Crippen LogP contribution in [0.2, 0.25) is 23.7 Å². The Labute approximate surface area is 85.9 Å². The van der Waals surface area contributed by atoms with Crippen molar-refractivity contribution in [3.8, 4) is 0 Å². The van der Waals surface area contributed by atoms with E-state index in [1.807, 2.05) is 0 Å². The van der Waals surface area contributed by atoms with E-state index in [1.54, 1.807) is 0 Å². The Morgan fingerprint density at radius 1 is 1.00 bits per heavy atom. The van der Waals surface area contributed by atoms with Gasteiger partial charge in [-0.2, -0.15) is 13.2 Å². The zero-order valence-corrected chi connectivity index (χ0v) is 10.7. The highest BCUT2D eigenvalue weighted by molar-refractivity contribution is 6.81. The third kappa shape index (κ3) is 4.03. The van der Waals surface area contributed by atoms with Gasteiger partial charge in [0, 0.05) is 6.42 Å². The lowest BCUT2D eigenvalue weighted by atomic mass is 10.5. The Hall–Kier alpha value is 0.00688. The van der Waals surface area contributed by atoms with Crippen molar-refractivity contribution in [3.05, 3.63) is 0 Å². The van der Waals surface area contributed by atoms with Gasteiger partial charge >= 0.3 is 6.18 Å². The van der Waals surface area contributed by atoms with Gasteiger partial charge in [0.1, 0.15) is 0 Å². The number of hydrogen-bond donors (Lipinski definition) is 0. The van der Waals surface area contributed by atoms with Crippen molar-refractivity contribution in [2.45, 2.75) is 64.0 Å². The maximum Gasteiger partial charge on any atom is 0.388 e.